The standard InChI is InChI=1S/C13H19ClN4O/c1-3-11-12(14)15-8-16-13(11)18-6-4-10(5-7-18)17-9(2)19/h8,10H,3-7H2,1-2H3,(H,17,19). The third-order valence-electron chi connectivity index (χ3n) is 3.43. The van der Waals surface area contributed by atoms with Crippen LogP contribution >= 0.6 is 11.6 Å². The van der Waals surface area contributed by atoms with Crippen molar-refractivity contribution in [3.8, 4) is 0 Å². The molecule has 2 heterocycles. The first kappa shape index (κ1) is 14.1. The molecule has 0 aromatic carbocycles. The minimum Gasteiger partial charge on any atom is -0.356 e. The molecule has 1 aromatic heterocycles. The first-order valence-electron chi connectivity index (χ1n) is 6.63. The van der Waals surface area contributed by atoms with E-state index in [2.05, 4.69) is 27.1 Å². The quantitative estimate of drug-likeness (QED) is 0.859. The zero-order valence-corrected chi connectivity index (χ0v) is 12.1. The molecule has 0 atom stereocenters. The zero-order chi connectivity index (χ0) is 13.8. The van der Waals surface area contributed by atoms with Crippen LogP contribution < -0.4 is 10.2 Å². The predicted molar refractivity (Wildman–Crippen MR) is 75.5 cm³/mol. The minimum absolute atomic E-state index is 0.0396. The second-order valence-electron chi connectivity index (χ2n) is 4.78. The van der Waals surface area contributed by atoms with Gasteiger partial charge in [-0.15, -0.1) is 0 Å². The number of piperidine rings is 1. The van der Waals surface area contributed by atoms with Crippen LogP contribution in [0.4, 0.5) is 5.82 Å². The summed E-state index contributed by atoms with van der Waals surface area (Å²) in [6, 6.07) is 0.274. The normalized spacial score (nSPS) is 16.5. The van der Waals surface area contributed by atoms with Crippen molar-refractivity contribution in [1.82, 2.24) is 15.3 Å². The van der Waals surface area contributed by atoms with Crippen molar-refractivity contribution < 1.29 is 4.79 Å². The van der Waals surface area contributed by atoms with Gasteiger partial charge in [0, 0.05) is 31.6 Å². The first-order chi connectivity index (χ1) is 9.11. The van der Waals surface area contributed by atoms with Gasteiger partial charge >= 0.3 is 0 Å². The molecule has 19 heavy (non-hydrogen) atoms. The van der Waals surface area contributed by atoms with Crippen molar-refractivity contribution >= 4 is 23.3 Å². The summed E-state index contributed by atoms with van der Waals surface area (Å²) in [5.74, 6) is 0.974. The first-order valence-corrected chi connectivity index (χ1v) is 7.01. The fourth-order valence-corrected chi connectivity index (χ4v) is 2.74. The summed E-state index contributed by atoms with van der Waals surface area (Å²) in [6.07, 6.45) is 4.20. The van der Waals surface area contributed by atoms with E-state index in [1.54, 1.807) is 6.92 Å². The monoisotopic (exact) mass is 282 g/mol. The van der Waals surface area contributed by atoms with E-state index in [4.69, 9.17) is 11.6 Å². The summed E-state index contributed by atoms with van der Waals surface area (Å²) >= 11 is 6.11. The maximum absolute atomic E-state index is 11.0. The number of hydrogen-bond donors (Lipinski definition) is 1. The lowest BCUT2D eigenvalue weighted by molar-refractivity contribution is -0.119. The summed E-state index contributed by atoms with van der Waals surface area (Å²) in [6.45, 7) is 5.38. The molecule has 1 fully saturated rings. The Hall–Kier alpha value is -1.36. The van der Waals surface area contributed by atoms with Crippen molar-refractivity contribution in [2.75, 3.05) is 18.0 Å². The van der Waals surface area contributed by atoms with Crippen LogP contribution in [0.15, 0.2) is 6.33 Å². The number of hydrogen-bond acceptors (Lipinski definition) is 4. The van der Waals surface area contributed by atoms with Gasteiger partial charge in [0.15, 0.2) is 0 Å². The molecule has 1 N–H and O–H groups in total. The van der Waals surface area contributed by atoms with Gasteiger partial charge in [0.25, 0.3) is 0 Å². The molecular weight excluding hydrogens is 264 g/mol. The Morgan fingerprint density at radius 2 is 2.16 bits per heavy atom. The molecule has 0 aliphatic carbocycles. The van der Waals surface area contributed by atoms with Crippen molar-refractivity contribution in [1.29, 1.82) is 0 Å². The summed E-state index contributed by atoms with van der Waals surface area (Å²) in [5, 5.41) is 3.51. The van der Waals surface area contributed by atoms with E-state index in [-0.39, 0.29) is 11.9 Å². The van der Waals surface area contributed by atoms with E-state index in [1.165, 1.54) is 6.33 Å². The van der Waals surface area contributed by atoms with E-state index >= 15 is 0 Å². The molecule has 0 spiro atoms. The molecule has 0 radical (unpaired) electrons. The molecule has 0 saturated carbocycles. The van der Waals surface area contributed by atoms with Crippen molar-refractivity contribution in [3.05, 3.63) is 17.0 Å². The number of carbonyl (C=O) groups excluding carboxylic acids is 1. The Morgan fingerprint density at radius 3 is 2.74 bits per heavy atom. The molecular formula is C13H19ClN4O. The van der Waals surface area contributed by atoms with Crippen LogP contribution in [0.2, 0.25) is 5.15 Å². The maximum atomic E-state index is 11.0. The van der Waals surface area contributed by atoms with E-state index in [1.807, 2.05) is 0 Å². The van der Waals surface area contributed by atoms with Crippen molar-refractivity contribution in [3.63, 3.8) is 0 Å². The molecule has 1 aliphatic heterocycles. The number of aromatic nitrogens is 2. The predicted octanol–water partition coefficient (Wildman–Crippen LogP) is 1.80. The summed E-state index contributed by atoms with van der Waals surface area (Å²) in [7, 11) is 0. The number of nitrogens with zero attached hydrogens (tertiary/aromatic N) is 3. The van der Waals surface area contributed by atoms with Crippen LogP contribution in [0.3, 0.4) is 0 Å². The average Bonchev–Trinajstić information content (AvgIpc) is 2.38. The Bertz CT molecular complexity index is 458. The summed E-state index contributed by atoms with van der Waals surface area (Å²) in [5.41, 5.74) is 1.00. The molecule has 1 amide bonds. The lowest BCUT2D eigenvalue weighted by Gasteiger charge is -2.34. The fourth-order valence-electron chi connectivity index (χ4n) is 2.48. The van der Waals surface area contributed by atoms with Gasteiger partial charge in [-0.1, -0.05) is 18.5 Å². The number of halogens is 1. The number of rotatable bonds is 3. The average molecular weight is 283 g/mol. The highest BCUT2D eigenvalue weighted by Crippen LogP contribution is 2.26. The van der Waals surface area contributed by atoms with Gasteiger partial charge in [0.05, 0.1) is 0 Å². The van der Waals surface area contributed by atoms with Gasteiger partial charge in [-0.2, -0.15) is 0 Å². The summed E-state index contributed by atoms with van der Waals surface area (Å²) in [4.78, 5) is 21.7. The number of carbonyl (C=O) groups is 1. The Balaban J connectivity index is 2.05. The van der Waals surface area contributed by atoms with E-state index < -0.39 is 0 Å². The topological polar surface area (TPSA) is 58.1 Å². The molecule has 0 unspecified atom stereocenters. The van der Waals surface area contributed by atoms with Crippen LogP contribution in [-0.4, -0.2) is 35.0 Å². The molecule has 2 rings (SSSR count). The Morgan fingerprint density at radius 1 is 1.47 bits per heavy atom. The van der Waals surface area contributed by atoms with E-state index in [0.29, 0.717) is 5.15 Å². The third kappa shape index (κ3) is 3.35. The van der Waals surface area contributed by atoms with Gasteiger partial charge in [-0.05, 0) is 19.3 Å². The van der Waals surface area contributed by atoms with Crippen LogP contribution in [0.25, 0.3) is 0 Å². The van der Waals surface area contributed by atoms with Gasteiger partial charge in [-0.3, -0.25) is 4.79 Å². The van der Waals surface area contributed by atoms with Crippen LogP contribution in [0.5, 0.6) is 0 Å². The highest BCUT2D eigenvalue weighted by atomic mass is 35.5. The van der Waals surface area contributed by atoms with Crippen molar-refractivity contribution in [2.24, 2.45) is 0 Å². The number of nitrogens with one attached hydrogen (secondary N) is 1. The smallest absolute Gasteiger partial charge is 0.217 e. The van der Waals surface area contributed by atoms with E-state index in [9.17, 15) is 4.79 Å². The Labute approximate surface area is 118 Å². The highest BCUT2D eigenvalue weighted by molar-refractivity contribution is 6.30. The highest BCUT2D eigenvalue weighted by Gasteiger charge is 2.23. The number of amides is 1. The summed E-state index contributed by atoms with van der Waals surface area (Å²) < 4.78 is 0. The molecule has 0 bridgehead atoms. The lowest BCUT2D eigenvalue weighted by Crippen LogP contribution is -2.44. The van der Waals surface area contributed by atoms with Gasteiger partial charge in [-0.25, -0.2) is 9.97 Å². The largest absolute Gasteiger partial charge is 0.356 e. The zero-order valence-electron chi connectivity index (χ0n) is 11.3. The second-order valence-corrected chi connectivity index (χ2v) is 5.14. The van der Waals surface area contributed by atoms with Crippen molar-refractivity contribution in [2.45, 2.75) is 39.2 Å². The molecule has 1 aliphatic rings. The van der Waals surface area contributed by atoms with Crippen LogP contribution in [-0.2, 0) is 11.2 Å². The molecule has 104 valence electrons. The third-order valence-corrected chi connectivity index (χ3v) is 3.75. The molecule has 1 saturated heterocycles. The van der Waals surface area contributed by atoms with Gasteiger partial charge < -0.3 is 10.2 Å². The van der Waals surface area contributed by atoms with Crippen LogP contribution in [0, 0.1) is 0 Å². The Kier molecular flexibility index (Phi) is 4.58. The van der Waals surface area contributed by atoms with E-state index in [0.717, 1.165) is 43.7 Å². The molecule has 1 aromatic rings. The van der Waals surface area contributed by atoms with Crippen LogP contribution in [0.1, 0.15) is 32.3 Å². The number of anilines is 1. The van der Waals surface area contributed by atoms with Gasteiger partial charge in [0.2, 0.25) is 5.91 Å². The minimum atomic E-state index is 0.0396. The lowest BCUT2D eigenvalue weighted by atomic mass is 10.0. The molecule has 5 nitrogen and oxygen atoms in total. The fraction of sp³-hybridized carbons (Fsp3) is 0.615. The second kappa shape index (κ2) is 6.19. The van der Waals surface area contributed by atoms with Gasteiger partial charge in [0.1, 0.15) is 17.3 Å². The molecule has 6 heteroatoms. The maximum Gasteiger partial charge on any atom is 0.217 e. The SMILES string of the molecule is CCc1c(Cl)ncnc1N1CCC(NC(C)=O)CC1.